The summed E-state index contributed by atoms with van der Waals surface area (Å²) in [5.74, 6) is 0.875. The first-order valence-corrected chi connectivity index (χ1v) is 5.88. The molecule has 0 aliphatic carbocycles. The largest absolute Gasteiger partial charge is 0.462 e. The SMILES string of the molecule is c1ccc(-c2occ[nH]cc3ccccc23)cc1. The maximum atomic E-state index is 5.75. The highest BCUT2D eigenvalue weighted by Crippen LogP contribution is 2.26. The molecule has 1 aromatic heterocycles. The van der Waals surface area contributed by atoms with Crippen molar-refractivity contribution in [3.63, 3.8) is 0 Å². The number of rotatable bonds is 1. The molecule has 2 aromatic carbocycles. The fourth-order valence-electron chi connectivity index (χ4n) is 1.99. The third kappa shape index (κ3) is 2.00. The fourth-order valence-corrected chi connectivity index (χ4v) is 1.99. The van der Waals surface area contributed by atoms with Crippen molar-refractivity contribution in [2.75, 3.05) is 0 Å². The Bertz CT molecular complexity index is 693. The Morgan fingerprint density at radius 3 is 2.50 bits per heavy atom. The zero-order valence-corrected chi connectivity index (χ0v) is 9.84. The molecular formula is C16H13NO. The van der Waals surface area contributed by atoms with E-state index < -0.39 is 0 Å². The van der Waals surface area contributed by atoms with Gasteiger partial charge in [0.2, 0.25) is 0 Å². The van der Waals surface area contributed by atoms with Crippen LogP contribution in [-0.2, 0) is 0 Å². The standard InChI is InChI=1S/C16H13NO/c1-2-6-13(7-3-1)16-15-9-5-4-8-14(15)12-17-10-11-18-16/h1-12,17H. The number of aromatic amines is 1. The Balaban J connectivity index is 2.39. The number of benzene rings is 2. The van der Waals surface area contributed by atoms with Crippen molar-refractivity contribution in [3.05, 3.63) is 73.3 Å². The highest BCUT2D eigenvalue weighted by atomic mass is 16.3. The summed E-state index contributed by atoms with van der Waals surface area (Å²) in [5, 5.41) is 2.20. The average molecular weight is 235 g/mol. The van der Waals surface area contributed by atoms with Gasteiger partial charge in [0.15, 0.2) is 0 Å². The molecular weight excluding hydrogens is 222 g/mol. The third-order valence-electron chi connectivity index (χ3n) is 2.83. The molecule has 0 radical (unpaired) electrons. The van der Waals surface area contributed by atoms with Gasteiger partial charge in [-0.15, -0.1) is 0 Å². The van der Waals surface area contributed by atoms with Gasteiger partial charge in [0.1, 0.15) is 12.0 Å². The maximum absolute atomic E-state index is 5.75. The predicted molar refractivity (Wildman–Crippen MR) is 73.6 cm³/mol. The van der Waals surface area contributed by atoms with E-state index in [1.54, 1.807) is 12.5 Å². The van der Waals surface area contributed by atoms with Crippen LogP contribution in [0.4, 0.5) is 0 Å². The molecule has 0 atom stereocenters. The maximum Gasteiger partial charge on any atom is 0.141 e. The second-order valence-electron chi connectivity index (χ2n) is 4.01. The van der Waals surface area contributed by atoms with Gasteiger partial charge < -0.3 is 9.40 Å². The lowest BCUT2D eigenvalue weighted by Crippen LogP contribution is -1.79. The van der Waals surface area contributed by atoms with Gasteiger partial charge in [0.25, 0.3) is 0 Å². The zero-order chi connectivity index (χ0) is 12.2. The number of hydrogen-bond donors (Lipinski definition) is 1. The minimum atomic E-state index is 0.875. The van der Waals surface area contributed by atoms with Crippen molar-refractivity contribution in [1.82, 2.24) is 4.98 Å². The predicted octanol–water partition coefficient (Wildman–Crippen LogP) is 4.55. The number of H-pyrrole nitrogens is 1. The molecule has 0 unspecified atom stereocenters. The highest BCUT2D eigenvalue weighted by molar-refractivity contribution is 5.92. The van der Waals surface area contributed by atoms with Gasteiger partial charge in [0.05, 0.1) is 0 Å². The molecule has 0 spiro atoms. The average Bonchev–Trinajstić information content (AvgIpc) is 2.41. The molecule has 0 bridgehead atoms. The van der Waals surface area contributed by atoms with Crippen LogP contribution in [0.2, 0.25) is 0 Å². The van der Waals surface area contributed by atoms with Crippen LogP contribution in [0.15, 0.2) is 77.7 Å². The van der Waals surface area contributed by atoms with Crippen LogP contribution < -0.4 is 0 Å². The summed E-state index contributed by atoms with van der Waals surface area (Å²) in [4.78, 5) is 3.07. The van der Waals surface area contributed by atoms with E-state index in [9.17, 15) is 0 Å². The van der Waals surface area contributed by atoms with Crippen LogP contribution in [0, 0.1) is 0 Å². The Labute approximate surface area is 105 Å². The molecule has 1 heterocycles. The third-order valence-corrected chi connectivity index (χ3v) is 2.83. The van der Waals surface area contributed by atoms with Crippen LogP contribution in [0.5, 0.6) is 0 Å². The van der Waals surface area contributed by atoms with E-state index in [0.29, 0.717) is 0 Å². The lowest BCUT2D eigenvalue weighted by Gasteiger charge is -2.03. The molecule has 2 heteroatoms. The molecule has 0 saturated heterocycles. The van der Waals surface area contributed by atoms with Gasteiger partial charge in [-0.05, 0) is 0 Å². The molecule has 88 valence electrons. The Morgan fingerprint density at radius 2 is 1.61 bits per heavy atom. The smallest absolute Gasteiger partial charge is 0.141 e. The van der Waals surface area contributed by atoms with E-state index in [1.165, 1.54) is 0 Å². The van der Waals surface area contributed by atoms with E-state index in [2.05, 4.69) is 29.2 Å². The van der Waals surface area contributed by atoms with Crippen LogP contribution in [0.1, 0.15) is 0 Å². The second-order valence-corrected chi connectivity index (χ2v) is 4.01. The molecule has 3 aromatic rings. The fraction of sp³-hybridized carbons (Fsp3) is 0. The monoisotopic (exact) mass is 235 g/mol. The van der Waals surface area contributed by atoms with Gasteiger partial charge in [-0.3, -0.25) is 0 Å². The summed E-state index contributed by atoms with van der Waals surface area (Å²) < 4.78 is 5.75. The molecule has 3 rings (SSSR count). The summed E-state index contributed by atoms with van der Waals surface area (Å²) >= 11 is 0. The van der Waals surface area contributed by atoms with E-state index in [0.717, 1.165) is 22.1 Å². The molecule has 2 nitrogen and oxygen atoms in total. The topological polar surface area (TPSA) is 28.9 Å². The van der Waals surface area contributed by atoms with Crippen molar-refractivity contribution in [3.8, 4) is 11.3 Å². The molecule has 0 fully saturated rings. The second kappa shape index (κ2) is 4.80. The Hall–Kier alpha value is -2.48. The van der Waals surface area contributed by atoms with Gasteiger partial charge in [0, 0.05) is 28.7 Å². The van der Waals surface area contributed by atoms with Crippen molar-refractivity contribution < 1.29 is 4.42 Å². The van der Waals surface area contributed by atoms with Crippen LogP contribution in [0.25, 0.3) is 22.1 Å². The van der Waals surface area contributed by atoms with E-state index in [1.807, 2.05) is 36.5 Å². The minimum Gasteiger partial charge on any atom is -0.462 e. The first kappa shape index (κ1) is 10.7. The summed E-state index contributed by atoms with van der Waals surface area (Å²) in [6.07, 6.45) is 5.41. The Morgan fingerprint density at radius 1 is 0.833 bits per heavy atom. The zero-order valence-electron chi connectivity index (χ0n) is 9.84. The summed E-state index contributed by atoms with van der Waals surface area (Å²) in [6.45, 7) is 0. The number of fused-ring (bicyclic) bond motifs is 1. The lowest BCUT2D eigenvalue weighted by atomic mass is 10.1. The molecule has 0 amide bonds. The Kier molecular flexibility index (Phi) is 2.84. The lowest BCUT2D eigenvalue weighted by molar-refractivity contribution is 0.572. The summed E-state index contributed by atoms with van der Waals surface area (Å²) in [6, 6.07) is 18.3. The number of nitrogens with one attached hydrogen (secondary N) is 1. The van der Waals surface area contributed by atoms with Crippen LogP contribution >= 0.6 is 0 Å². The van der Waals surface area contributed by atoms with Gasteiger partial charge in [-0.1, -0.05) is 54.6 Å². The van der Waals surface area contributed by atoms with Crippen LogP contribution in [0.3, 0.4) is 0 Å². The van der Waals surface area contributed by atoms with E-state index >= 15 is 0 Å². The van der Waals surface area contributed by atoms with E-state index in [-0.39, 0.29) is 0 Å². The van der Waals surface area contributed by atoms with Crippen molar-refractivity contribution in [2.24, 2.45) is 0 Å². The molecule has 0 aliphatic heterocycles. The van der Waals surface area contributed by atoms with Crippen molar-refractivity contribution in [1.29, 1.82) is 0 Å². The van der Waals surface area contributed by atoms with Gasteiger partial charge in [-0.25, -0.2) is 0 Å². The minimum absolute atomic E-state index is 0.875. The summed E-state index contributed by atoms with van der Waals surface area (Å²) in [7, 11) is 0. The first-order chi connectivity index (χ1) is 8.95. The van der Waals surface area contributed by atoms with Crippen molar-refractivity contribution in [2.45, 2.75) is 0 Å². The van der Waals surface area contributed by atoms with Gasteiger partial charge >= 0.3 is 0 Å². The van der Waals surface area contributed by atoms with Gasteiger partial charge in [-0.2, -0.15) is 0 Å². The summed E-state index contributed by atoms with van der Waals surface area (Å²) in [5.41, 5.74) is 1.07. The van der Waals surface area contributed by atoms with E-state index in [4.69, 9.17) is 4.42 Å². The molecule has 18 heavy (non-hydrogen) atoms. The number of aromatic nitrogens is 1. The first-order valence-electron chi connectivity index (χ1n) is 5.88. The quantitative estimate of drug-likeness (QED) is 0.658. The number of hydrogen-bond acceptors (Lipinski definition) is 1. The molecule has 1 N–H and O–H groups in total. The highest BCUT2D eigenvalue weighted by Gasteiger charge is 2.03. The van der Waals surface area contributed by atoms with Crippen molar-refractivity contribution >= 4 is 10.8 Å². The normalized spacial score (nSPS) is 10.2. The molecule has 0 saturated carbocycles. The van der Waals surface area contributed by atoms with Crippen LogP contribution in [-0.4, -0.2) is 4.98 Å². The molecule has 0 aliphatic rings.